The largest absolute Gasteiger partial charge is 0.327 e. The van der Waals surface area contributed by atoms with E-state index in [1.165, 1.54) is 23.9 Å². The predicted octanol–water partition coefficient (Wildman–Crippen LogP) is 4.54. The first-order valence-electron chi connectivity index (χ1n) is 7.00. The lowest BCUT2D eigenvalue weighted by Gasteiger charge is -2.11. The maximum Gasteiger partial charge on any atom is 0.140 e. The van der Waals surface area contributed by atoms with Gasteiger partial charge in [0, 0.05) is 11.8 Å². The Morgan fingerprint density at radius 1 is 1.05 bits per heavy atom. The number of benzene rings is 2. The minimum atomic E-state index is -0.505. The molecule has 0 fully saturated rings. The summed E-state index contributed by atoms with van der Waals surface area (Å²) in [5.74, 6) is -0.467. The molecule has 2 aromatic carbocycles. The lowest BCUT2D eigenvalue weighted by atomic mass is 10.0. The highest BCUT2D eigenvalue weighted by molar-refractivity contribution is 7.98. The highest BCUT2D eigenvalue weighted by Crippen LogP contribution is 2.29. The molecule has 1 atom stereocenters. The number of halogens is 2. The zero-order valence-corrected chi connectivity index (χ0v) is 12.8. The summed E-state index contributed by atoms with van der Waals surface area (Å²) in [4.78, 5) is 0.0765. The molecule has 0 bridgehead atoms. The van der Waals surface area contributed by atoms with E-state index in [9.17, 15) is 8.78 Å². The molecule has 1 unspecified atom stereocenters. The average molecular weight is 307 g/mol. The Morgan fingerprint density at radius 3 is 2.24 bits per heavy atom. The van der Waals surface area contributed by atoms with E-state index in [2.05, 4.69) is 0 Å². The maximum atomic E-state index is 14.1. The van der Waals surface area contributed by atoms with Crippen LogP contribution in [0.5, 0.6) is 0 Å². The monoisotopic (exact) mass is 307 g/mol. The van der Waals surface area contributed by atoms with Crippen LogP contribution in [0.15, 0.2) is 47.4 Å². The molecule has 2 aromatic rings. The van der Waals surface area contributed by atoms with Gasteiger partial charge in [-0.15, -0.1) is 11.8 Å². The van der Waals surface area contributed by atoms with Crippen LogP contribution >= 0.6 is 11.8 Å². The highest BCUT2D eigenvalue weighted by Gasteiger charge is 2.13. The quantitative estimate of drug-likeness (QED) is 0.793. The van der Waals surface area contributed by atoms with Crippen molar-refractivity contribution in [1.29, 1.82) is 0 Å². The first-order valence-corrected chi connectivity index (χ1v) is 7.99. The third-order valence-electron chi connectivity index (χ3n) is 3.31. The summed E-state index contributed by atoms with van der Waals surface area (Å²) in [6.45, 7) is 1.96. The third kappa shape index (κ3) is 4.55. The molecule has 112 valence electrons. The van der Waals surface area contributed by atoms with E-state index in [1.807, 2.05) is 37.3 Å². The molecule has 4 heteroatoms. The van der Waals surface area contributed by atoms with Crippen LogP contribution in [0, 0.1) is 11.6 Å². The first-order chi connectivity index (χ1) is 10.1. The van der Waals surface area contributed by atoms with Gasteiger partial charge in [0.05, 0.1) is 4.90 Å². The molecule has 1 nitrogen and oxygen atoms in total. The molecule has 0 amide bonds. The van der Waals surface area contributed by atoms with Crippen molar-refractivity contribution in [3.05, 3.63) is 65.2 Å². The van der Waals surface area contributed by atoms with E-state index in [4.69, 9.17) is 5.73 Å². The molecule has 21 heavy (non-hydrogen) atoms. The van der Waals surface area contributed by atoms with Crippen molar-refractivity contribution in [3.8, 4) is 0 Å². The first kappa shape index (κ1) is 16.0. The van der Waals surface area contributed by atoms with Crippen molar-refractivity contribution in [2.45, 2.75) is 36.5 Å². The van der Waals surface area contributed by atoms with Crippen LogP contribution in [-0.2, 0) is 12.2 Å². The Morgan fingerprint density at radius 2 is 1.67 bits per heavy atom. The van der Waals surface area contributed by atoms with E-state index in [0.717, 1.165) is 12.0 Å². The van der Waals surface area contributed by atoms with Gasteiger partial charge in [-0.25, -0.2) is 8.78 Å². The predicted molar refractivity (Wildman–Crippen MR) is 84.3 cm³/mol. The van der Waals surface area contributed by atoms with Crippen molar-refractivity contribution in [2.75, 3.05) is 0 Å². The standard InChI is InChI=1S/C17H19F2NS/c1-2-14(20)8-13-9-15(18)17(16(19)10-13)21-11-12-6-4-3-5-7-12/h3-7,9-10,14H,2,8,11,20H2,1H3. The Kier molecular flexibility index (Phi) is 5.76. The van der Waals surface area contributed by atoms with Crippen LogP contribution < -0.4 is 5.73 Å². The van der Waals surface area contributed by atoms with Gasteiger partial charge >= 0.3 is 0 Å². The zero-order valence-electron chi connectivity index (χ0n) is 12.0. The minimum absolute atomic E-state index is 0.0633. The molecule has 0 aliphatic heterocycles. The molecule has 2 N–H and O–H groups in total. The molecule has 2 rings (SSSR count). The molecule has 0 aliphatic rings. The molecular weight excluding hydrogens is 288 g/mol. The Hall–Kier alpha value is -1.39. The molecule has 0 aromatic heterocycles. The van der Waals surface area contributed by atoms with Gasteiger partial charge in [-0.3, -0.25) is 0 Å². The molecule has 0 saturated heterocycles. The van der Waals surface area contributed by atoms with E-state index in [-0.39, 0.29) is 10.9 Å². The van der Waals surface area contributed by atoms with E-state index < -0.39 is 11.6 Å². The second kappa shape index (κ2) is 7.57. The maximum absolute atomic E-state index is 14.1. The minimum Gasteiger partial charge on any atom is -0.327 e. The summed E-state index contributed by atoms with van der Waals surface area (Å²) < 4.78 is 28.1. The second-order valence-corrected chi connectivity index (χ2v) is 6.02. The molecule has 0 aliphatic carbocycles. The Balaban J connectivity index is 2.10. The van der Waals surface area contributed by atoms with Crippen molar-refractivity contribution in [2.24, 2.45) is 5.73 Å². The lowest BCUT2D eigenvalue weighted by Crippen LogP contribution is -2.21. The normalized spacial score (nSPS) is 12.4. The van der Waals surface area contributed by atoms with Gasteiger partial charge in [-0.05, 0) is 36.1 Å². The summed E-state index contributed by atoms with van der Waals surface area (Å²) >= 11 is 1.18. The third-order valence-corrected chi connectivity index (χ3v) is 4.46. The van der Waals surface area contributed by atoms with Crippen molar-refractivity contribution in [3.63, 3.8) is 0 Å². The van der Waals surface area contributed by atoms with Crippen LogP contribution in [0.3, 0.4) is 0 Å². The molecule has 0 saturated carbocycles. The SMILES string of the molecule is CCC(N)Cc1cc(F)c(SCc2ccccc2)c(F)c1. The second-order valence-electron chi connectivity index (χ2n) is 5.04. The number of rotatable bonds is 6. The fourth-order valence-electron chi connectivity index (χ4n) is 2.04. The van der Waals surface area contributed by atoms with Gasteiger partial charge in [-0.2, -0.15) is 0 Å². The van der Waals surface area contributed by atoms with Gasteiger partial charge in [0.25, 0.3) is 0 Å². The fraction of sp³-hybridized carbons (Fsp3) is 0.294. The van der Waals surface area contributed by atoms with Crippen molar-refractivity contribution in [1.82, 2.24) is 0 Å². The number of hydrogen-bond donors (Lipinski definition) is 1. The number of nitrogens with two attached hydrogens (primary N) is 1. The van der Waals surface area contributed by atoms with Gasteiger partial charge in [0.15, 0.2) is 0 Å². The van der Waals surface area contributed by atoms with Gasteiger partial charge < -0.3 is 5.73 Å². The number of thioether (sulfide) groups is 1. The summed E-state index contributed by atoms with van der Waals surface area (Å²) in [5.41, 5.74) is 7.48. The van der Waals surface area contributed by atoms with E-state index >= 15 is 0 Å². The van der Waals surface area contributed by atoms with Crippen LogP contribution in [0.25, 0.3) is 0 Å². The van der Waals surface area contributed by atoms with Crippen LogP contribution in [0.2, 0.25) is 0 Å². The average Bonchev–Trinajstić information content (AvgIpc) is 2.47. The van der Waals surface area contributed by atoms with Crippen molar-refractivity contribution >= 4 is 11.8 Å². The highest BCUT2D eigenvalue weighted by atomic mass is 32.2. The lowest BCUT2D eigenvalue weighted by molar-refractivity contribution is 0.533. The van der Waals surface area contributed by atoms with E-state index in [1.54, 1.807) is 0 Å². The van der Waals surface area contributed by atoms with Gasteiger partial charge in [0.1, 0.15) is 11.6 Å². The van der Waals surface area contributed by atoms with Crippen LogP contribution in [0.1, 0.15) is 24.5 Å². The Bertz CT molecular complexity index is 564. The summed E-state index contributed by atoms with van der Waals surface area (Å²) in [7, 11) is 0. The Labute approximate surface area is 128 Å². The smallest absolute Gasteiger partial charge is 0.140 e. The summed E-state index contributed by atoms with van der Waals surface area (Å²) in [6.07, 6.45) is 1.28. The van der Waals surface area contributed by atoms with Crippen molar-refractivity contribution < 1.29 is 8.78 Å². The zero-order chi connectivity index (χ0) is 15.2. The number of hydrogen-bond acceptors (Lipinski definition) is 2. The molecule has 0 spiro atoms. The molecule has 0 heterocycles. The molecular formula is C17H19F2NS. The summed E-state index contributed by atoms with van der Waals surface area (Å²) in [5, 5.41) is 0. The van der Waals surface area contributed by atoms with Crippen LogP contribution in [-0.4, -0.2) is 6.04 Å². The van der Waals surface area contributed by atoms with Crippen LogP contribution in [0.4, 0.5) is 8.78 Å². The van der Waals surface area contributed by atoms with Gasteiger partial charge in [0.2, 0.25) is 0 Å². The topological polar surface area (TPSA) is 26.0 Å². The molecule has 0 radical (unpaired) electrons. The van der Waals surface area contributed by atoms with Gasteiger partial charge in [-0.1, -0.05) is 37.3 Å². The van der Waals surface area contributed by atoms with E-state index in [0.29, 0.717) is 17.7 Å². The fourth-order valence-corrected chi connectivity index (χ4v) is 2.94. The summed E-state index contributed by atoms with van der Waals surface area (Å²) in [6, 6.07) is 12.4.